The Hall–Kier alpha value is -2.76. The van der Waals surface area contributed by atoms with Crippen molar-refractivity contribution in [2.45, 2.75) is 39.3 Å². The molecule has 1 atom stereocenters. The Balaban J connectivity index is 1.66. The van der Waals surface area contributed by atoms with Gasteiger partial charge in [0.15, 0.2) is 6.10 Å². The third kappa shape index (κ3) is 5.38. The van der Waals surface area contributed by atoms with Crippen molar-refractivity contribution in [1.82, 2.24) is 4.90 Å². The van der Waals surface area contributed by atoms with E-state index >= 15 is 0 Å². The Morgan fingerprint density at radius 2 is 1.71 bits per heavy atom. The van der Waals surface area contributed by atoms with Gasteiger partial charge < -0.3 is 9.74 Å². The van der Waals surface area contributed by atoms with Gasteiger partial charge in [-0.25, -0.2) is 8.78 Å². The van der Waals surface area contributed by atoms with Crippen LogP contribution in [0.5, 0.6) is 0 Å². The SMILES string of the molecule is CC(C)CC(=O)N(Cc1ccc(F)cc1)CC1CC(c2ccc(F)cc2)=NO1. The smallest absolute Gasteiger partial charge is 0.223 e. The van der Waals surface area contributed by atoms with Crippen LogP contribution in [0.15, 0.2) is 53.7 Å². The Bertz CT molecular complexity index is 833. The number of oxime groups is 1. The van der Waals surface area contributed by atoms with Crippen molar-refractivity contribution >= 4 is 11.6 Å². The summed E-state index contributed by atoms with van der Waals surface area (Å²) >= 11 is 0. The van der Waals surface area contributed by atoms with Crippen LogP contribution in [-0.2, 0) is 16.2 Å². The van der Waals surface area contributed by atoms with Gasteiger partial charge in [0.2, 0.25) is 5.91 Å². The summed E-state index contributed by atoms with van der Waals surface area (Å²) in [6, 6.07) is 12.3. The third-order valence-corrected chi connectivity index (χ3v) is 4.56. The number of nitrogens with zero attached hydrogens (tertiary/aromatic N) is 2. The van der Waals surface area contributed by atoms with Crippen LogP contribution in [0.25, 0.3) is 0 Å². The standard InChI is InChI=1S/C22H24F2N2O2/c1-15(2)11-22(27)26(13-16-3-7-18(23)8-4-16)14-20-12-21(25-28-20)17-5-9-19(24)10-6-17/h3-10,15,20H,11-14H2,1-2H3. The van der Waals surface area contributed by atoms with Gasteiger partial charge in [-0.3, -0.25) is 4.79 Å². The molecule has 1 amide bonds. The molecule has 0 saturated heterocycles. The quantitative estimate of drug-likeness (QED) is 0.701. The lowest BCUT2D eigenvalue weighted by Gasteiger charge is -2.26. The zero-order valence-electron chi connectivity index (χ0n) is 16.1. The monoisotopic (exact) mass is 386 g/mol. The molecule has 1 unspecified atom stereocenters. The summed E-state index contributed by atoms with van der Waals surface area (Å²) in [5.74, 6) is -0.346. The van der Waals surface area contributed by atoms with Gasteiger partial charge in [-0.15, -0.1) is 0 Å². The van der Waals surface area contributed by atoms with Crippen molar-refractivity contribution in [3.8, 4) is 0 Å². The molecule has 0 fully saturated rings. The average molecular weight is 386 g/mol. The highest BCUT2D eigenvalue weighted by molar-refractivity contribution is 6.01. The second kappa shape index (κ2) is 8.95. The lowest BCUT2D eigenvalue weighted by atomic mass is 10.0. The first-order valence-corrected chi connectivity index (χ1v) is 9.41. The highest BCUT2D eigenvalue weighted by Crippen LogP contribution is 2.20. The first-order valence-electron chi connectivity index (χ1n) is 9.41. The molecule has 4 nitrogen and oxygen atoms in total. The minimum absolute atomic E-state index is 0.0261. The number of halogens is 2. The minimum Gasteiger partial charge on any atom is -0.390 e. The van der Waals surface area contributed by atoms with Crippen LogP contribution in [0.4, 0.5) is 8.78 Å². The van der Waals surface area contributed by atoms with Gasteiger partial charge in [-0.05, 0) is 41.3 Å². The van der Waals surface area contributed by atoms with E-state index in [1.807, 2.05) is 13.8 Å². The van der Waals surface area contributed by atoms with Crippen molar-refractivity contribution in [2.24, 2.45) is 11.1 Å². The molecule has 1 aliphatic rings. The largest absolute Gasteiger partial charge is 0.390 e. The van der Waals surface area contributed by atoms with Crippen LogP contribution >= 0.6 is 0 Å². The number of hydrogen-bond acceptors (Lipinski definition) is 3. The second-order valence-electron chi connectivity index (χ2n) is 7.48. The molecular weight excluding hydrogens is 362 g/mol. The number of amides is 1. The Morgan fingerprint density at radius 3 is 2.32 bits per heavy atom. The van der Waals surface area contributed by atoms with E-state index in [2.05, 4.69) is 5.16 Å². The van der Waals surface area contributed by atoms with Crippen LogP contribution < -0.4 is 0 Å². The predicted molar refractivity (Wildman–Crippen MR) is 104 cm³/mol. The summed E-state index contributed by atoms with van der Waals surface area (Å²) in [4.78, 5) is 20.0. The van der Waals surface area contributed by atoms with Crippen molar-refractivity contribution in [3.63, 3.8) is 0 Å². The number of rotatable bonds is 7. The fourth-order valence-electron chi connectivity index (χ4n) is 3.13. The molecule has 28 heavy (non-hydrogen) atoms. The van der Waals surface area contributed by atoms with E-state index in [0.717, 1.165) is 16.8 Å². The molecule has 0 spiro atoms. The van der Waals surface area contributed by atoms with Crippen molar-refractivity contribution in [1.29, 1.82) is 0 Å². The topological polar surface area (TPSA) is 41.9 Å². The number of carbonyl (C=O) groups excluding carboxylic acids is 1. The van der Waals surface area contributed by atoms with E-state index in [0.29, 0.717) is 25.9 Å². The molecular formula is C22H24F2N2O2. The molecule has 1 heterocycles. The Labute approximate surface area is 163 Å². The number of benzene rings is 2. The first kappa shape index (κ1) is 20.0. The Morgan fingerprint density at radius 1 is 1.11 bits per heavy atom. The molecule has 148 valence electrons. The minimum atomic E-state index is -0.305. The van der Waals surface area contributed by atoms with Gasteiger partial charge in [0.05, 0.1) is 12.3 Å². The van der Waals surface area contributed by atoms with Crippen LogP contribution in [0, 0.1) is 17.6 Å². The van der Waals surface area contributed by atoms with Crippen LogP contribution in [0.3, 0.4) is 0 Å². The highest BCUT2D eigenvalue weighted by atomic mass is 19.1. The molecule has 0 aromatic heterocycles. The maximum atomic E-state index is 13.2. The summed E-state index contributed by atoms with van der Waals surface area (Å²) in [5, 5.41) is 4.12. The molecule has 2 aromatic carbocycles. The number of hydrogen-bond donors (Lipinski definition) is 0. The fraction of sp³-hybridized carbons (Fsp3) is 0.364. The zero-order valence-corrected chi connectivity index (χ0v) is 16.1. The van der Waals surface area contributed by atoms with Gasteiger partial charge >= 0.3 is 0 Å². The fourth-order valence-corrected chi connectivity index (χ4v) is 3.13. The van der Waals surface area contributed by atoms with Crippen molar-refractivity contribution in [3.05, 3.63) is 71.3 Å². The van der Waals surface area contributed by atoms with Crippen molar-refractivity contribution in [2.75, 3.05) is 6.54 Å². The van der Waals surface area contributed by atoms with E-state index in [1.54, 1.807) is 29.2 Å². The van der Waals surface area contributed by atoms with Crippen LogP contribution in [-0.4, -0.2) is 29.2 Å². The van der Waals surface area contributed by atoms with Gasteiger partial charge in [-0.1, -0.05) is 43.3 Å². The summed E-state index contributed by atoms with van der Waals surface area (Å²) in [7, 11) is 0. The highest BCUT2D eigenvalue weighted by Gasteiger charge is 2.27. The first-order chi connectivity index (χ1) is 13.4. The molecule has 2 aromatic rings. The molecule has 3 rings (SSSR count). The lowest BCUT2D eigenvalue weighted by Crippen LogP contribution is -2.37. The molecule has 0 radical (unpaired) electrons. The summed E-state index contributed by atoms with van der Waals surface area (Å²) in [5.41, 5.74) is 2.40. The molecule has 0 N–H and O–H groups in total. The Kier molecular flexibility index (Phi) is 6.39. The van der Waals surface area contributed by atoms with Gasteiger partial charge in [0, 0.05) is 19.4 Å². The van der Waals surface area contributed by atoms with Crippen molar-refractivity contribution < 1.29 is 18.4 Å². The molecule has 0 saturated carbocycles. The number of carbonyl (C=O) groups is 1. The zero-order chi connectivity index (χ0) is 20.1. The molecule has 6 heteroatoms. The molecule has 0 aliphatic carbocycles. The normalized spacial score (nSPS) is 16.0. The van der Waals surface area contributed by atoms with Crippen LogP contribution in [0.1, 0.15) is 37.8 Å². The summed E-state index contributed by atoms with van der Waals surface area (Å²) in [6.45, 7) is 4.76. The van der Waals surface area contributed by atoms with E-state index in [-0.39, 0.29) is 29.6 Å². The van der Waals surface area contributed by atoms with Gasteiger partial charge in [0.1, 0.15) is 11.6 Å². The second-order valence-corrected chi connectivity index (χ2v) is 7.48. The summed E-state index contributed by atoms with van der Waals surface area (Å²) < 4.78 is 26.3. The molecule has 0 bridgehead atoms. The van der Waals surface area contributed by atoms with Gasteiger partial charge in [0.25, 0.3) is 0 Å². The van der Waals surface area contributed by atoms with Crippen LogP contribution in [0.2, 0.25) is 0 Å². The van der Waals surface area contributed by atoms with E-state index in [1.165, 1.54) is 24.3 Å². The maximum absolute atomic E-state index is 13.2. The van der Waals surface area contributed by atoms with Gasteiger partial charge in [-0.2, -0.15) is 0 Å². The van der Waals surface area contributed by atoms with E-state index in [4.69, 9.17) is 4.84 Å². The molecule has 1 aliphatic heterocycles. The maximum Gasteiger partial charge on any atom is 0.223 e. The third-order valence-electron chi connectivity index (χ3n) is 4.56. The predicted octanol–water partition coefficient (Wildman–Crippen LogP) is 4.53. The summed E-state index contributed by atoms with van der Waals surface area (Å²) in [6.07, 6.45) is 0.705. The van der Waals surface area contributed by atoms with E-state index < -0.39 is 0 Å². The lowest BCUT2D eigenvalue weighted by molar-refractivity contribution is -0.134. The average Bonchev–Trinajstić information content (AvgIpc) is 3.11. The van der Waals surface area contributed by atoms with E-state index in [9.17, 15) is 13.6 Å².